The molecule has 26 atom stereocenters. The number of hydrogen-bond acceptors (Lipinski definition) is 26. The first-order chi connectivity index (χ1) is 59.1. The molecule has 6 rings (SSSR count). The summed E-state index contributed by atoms with van der Waals surface area (Å²) in [5.74, 6) is -2.63. The van der Waals surface area contributed by atoms with Crippen LogP contribution in [0.5, 0.6) is 0 Å². The van der Waals surface area contributed by atoms with Crippen molar-refractivity contribution in [3.05, 3.63) is 0 Å². The summed E-state index contributed by atoms with van der Waals surface area (Å²) in [7, 11) is 0. The Kier molecular flexibility index (Phi) is 56.6. The first-order valence-electron chi connectivity index (χ1n) is 49.9. The molecule has 26 nitrogen and oxygen atoms in total. The van der Waals surface area contributed by atoms with Crippen molar-refractivity contribution in [3.63, 3.8) is 0 Å². The number of ether oxygens (including phenoxy) is 14. The van der Waals surface area contributed by atoms with Crippen LogP contribution in [-0.4, -0.2) is 231 Å². The lowest BCUT2D eigenvalue weighted by Crippen LogP contribution is -2.68. The molecular weight excluding hydrogens is 1570 g/mol. The molecule has 0 radical (unpaired) electrons. The molecule has 6 fully saturated rings. The van der Waals surface area contributed by atoms with E-state index in [0.29, 0.717) is 44.9 Å². The third kappa shape index (κ3) is 40.3. The summed E-state index contributed by atoms with van der Waals surface area (Å²) in [5.41, 5.74) is 0. The summed E-state index contributed by atoms with van der Waals surface area (Å²) in [4.78, 5) is 56.0. The van der Waals surface area contributed by atoms with E-state index in [-0.39, 0.29) is 31.8 Å². The minimum absolute atomic E-state index is 0.0429. The molecular formula is C96H174O26. The van der Waals surface area contributed by atoms with Crippen LogP contribution in [0, 0.1) is 0 Å². The highest BCUT2D eigenvalue weighted by molar-refractivity contribution is 5.70. The van der Waals surface area contributed by atoms with Gasteiger partial charge in [0.1, 0.15) is 86.0 Å². The fourth-order valence-electron chi connectivity index (χ4n) is 18.0. The summed E-state index contributed by atoms with van der Waals surface area (Å²) >= 11 is 0. The van der Waals surface area contributed by atoms with E-state index in [1.165, 1.54) is 161 Å². The first-order valence-corrected chi connectivity index (χ1v) is 49.9. The highest BCUT2D eigenvalue weighted by atomic mass is 16.8. The van der Waals surface area contributed by atoms with E-state index in [9.17, 15) is 60.0 Å². The number of aliphatic hydroxyl groups excluding tert-OH is 8. The van der Waals surface area contributed by atoms with Crippen LogP contribution < -0.4 is 0 Å². The Balaban J connectivity index is 1.27. The molecule has 6 aliphatic rings. The molecule has 0 saturated carbocycles. The van der Waals surface area contributed by atoms with E-state index in [0.717, 1.165) is 141 Å². The highest BCUT2D eigenvalue weighted by Gasteiger charge is 2.59. The molecule has 26 heteroatoms. The molecule has 6 saturated heterocycles. The molecule has 714 valence electrons. The maximum atomic E-state index is 14.9. The lowest BCUT2D eigenvalue weighted by Gasteiger charge is -2.51. The molecule has 0 amide bonds. The second kappa shape index (κ2) is 64.0. The van der Waals surface area contributed by atoms with Crippen LogP contribution in [-0.2, 0) is 85.5 Å². The zero-order chi connectivity index (χ0) is 88.2. The fraction of sp³-hybridized carbons (Fsp3) is 0.958. The van der Waals surface area contributed by atoms with Gasteiger partial charge in [-0.1, -0.05) is 329 Å². The minimum atomic E-state index is -2.06. The number of unbranched alkanes of at least 4 members (excludes halogenated alkanes) is 40. The minimum Gasteiger partial charge on any atom is -0.463 e. The Morgan fingerprint density at radius 3 is 1.19 bits per heavy atom. The zero-order valence-electron chi connectivity index (χ0n) is 76.9. The van der Waals surface area contributed by atoms with Gasteiger partial charge in [-0.25, -0.2) is 0 Å². The van der Waals surface area contributed by atoms with Gasteiger partial charge >= 0.3 is 23.9 Å². The third-order valence-corrected chi connectivity index (χ3v) is 25.9. The fourth-order valence-corrected chi connectivity index (χ4v) is 18.0. The van der Waals surface area contributed by atoms with Crippen LogP contribution in [0.4, 0.5) is 0 Å². The maximum absolute atomic E-state index is 14.9. The van der Waals surface area contributed by atoms with Gasteiger partial charge in [-0.15, -0.1) is 0 Å². The van der Waals surface area contributed by atoms with Crippen molar-refractivity contribution in [1.29, 1.82) is 0 Å². The van der Waals surface area contributed by atoms with Crippen LogP contribution >= 0.6 is 0 Å². The topological polar surface area (TPSA) is 359 Å². The van der Waals surface area contributed by atoms with Gasteiger partial charge in [-0.3, -0.25) is 19.2 Å². The Bertz CT molecular complexity index is 2670. The van der Waals surface area contributed by atoms with Crippen molar-refractivity contribution in [2.75, 3.05) is 6.61 Å². The molecule has 0 spiro atoms. The molecule has 0 bridgehead atoms. The average Bonchev–Trinajstić information content (AvgIpc) is 0.766. The number of carbonyl (C=O) groups excluding carboxylic acids is 4. The van der Waals surface area contributed by atoms with Gasteiger partial charge in [0.25, 0.3) is 0 Å². The molecule has 6 aliphatic heterocycles. The van der Waals surface area contributed by atoms with Gasteiger partial charge in [0.2, 0.25) is 0 Å². The van der Waals surface area contributed by atoms with Crippen molar-refractivity contribution < 1.29 is 126 Å². The predicted octanol–water partition coefficient (Wildman–Crippen LogP) is 17.1. The van der Waals surface area contributed by atoms with E-state index in [2.05, 4.69) is 27.7 Å². The summed E-state index contributed by atoms with van der Waals surface area (Å²) in [6.45, 7) is 14.5. The molecule has 0 aromatic carbocycles. The number of esters is 4. The second-order valence-electron chi connectivity index (χ2n) is 36.7. The molecule has 122 heavy (non-hydrogen) atoms. The largest absolute Gasteiger partial charge is 0.463 e. The molecule has 8 N–H and O–H groups in total. The average molecular weight is 1740 g/mol. The monoisotopic (exact) mass is 1740 g/mol. The summed E-state index contributed by atoms with van der Waals surface area (Å²) in [5, 5.41) is 95.9. The van der Waals surface area contributed by atoms with Crippen LogP contribution in [0.25, 0.3) is 0 Å². The Morgan fingerprint density at radius 2 is 0.689 bits per heavy atom. The van der Waals surface area contributed by atoms with Crippen molar-refractivity contribution in [2.24, 2.45) is 0 Å². The van der Waals surface area contributed by atoms with Crippen LogP contribution in [0.15, 0.2) is 0 Å². The Morgan fingerprint density at radius 1 is 0.311 bits per heavy atom. The van der Waals surface area contributed by atoms with Crippen molar-refractivity contribution in [3.8, 4) is 0 Å². The van der Waals surface area contributed by atoms with Gasteiger partial charge in [0.05, 0.1) is 30.5 Å². The van der Waals surface area contributed by atoms with E-state index in [1.807, 2.05) is 0 Å². The van der Waals surface area contributed by atoms with Crippen molar-refractivity contribution >= 4 is 23.9 Å². The van der Waals surface area contributed by atoms with E-state index in [1.54, 1.807) is 20.8 Å². The van der Waals surface area contributed by atoms with Gasteiger partial charge in [-0.05, 0) is 66.2 Å². The van der Waals surface area contributed by atoms with Crippen molar-refractivity contribution in [2.45, 2.75) is 581 Å². The summed E-state index contributed by atoms with van der Waals surface area (Å²) in [6, 6.07) is 0. The standard InChI is InChI=1S/C96H174O26/c1-9-13-17-20-23-26-29-32-33-36-37-40-45-50-56-62-73(97)109-66-72-78(102)79(103)82(106)93(115-72)122-90-87(120-92-83(107)81(105)85(68(6)111-92)116-74(98)63-57-51-46-41-38-34-30-27-24-21-18-14-10-2)70(8)113-96(91(90)118-76(100)65-59-52-47-42-39-35-31-28-25-22-19-15-11-3)119-86-69(7)112-95-89(84(86)108)117-75(99)64-58-53-48-43-44-49-55-61-71(60-54-16-12-4)114-94-88(121-95)80(104)77(101)67(5)110-94/h67-72,77-96,101-108H,9-66H2,1-8H3/t67-,68+,69+,70-,71+,72-,77+,78-,79+,80+,81+,82-,83-,84-,85+,86+,87+,88-,89-,90-,91-,92+,93+,94+,95+,96+/m1/s1. The normalized spacial score (nSPS) is 32.8. The predicted molar refractivity (Wildman–Crippen MR) is 465 cm³/mol. The smallest absolute Gasteiger partial charge is 0.306 e. The molecule has 0 unspecified atom stereocenters. The number of carbonyl (C=O) groups is 4. The third-order valence-electron chi connectivity index (χ3n) is 25.9. The summed E-state index contributed by atoms with van der Waals surface area (Å²) < 4.78 is 90.5. The van der Waals surface area contributed by atoms with Crippen LogP contribution in [0.3, 0.4) is 0 Å². The molecule has 6 heterocycles. The van der Waals surface area contributed by atoms with Crippen LogP contribution in [0.1, 0.15) is 421 Å². The van der Waals surface area contributed by atoms with Gasteiger partial charge < -0.3 is 107 Å². The second-order valence-corrected chi connectivity index (χ2v) is 36.7. The number of fused-ring (bicyclic) bond motifs is 2. The maximum Gasteiger partial charge on any atom is 0.306 e. The lowest BCUT2D eigenvalue weighted by atomic mass is 9.95. The zero-order valence-corrected chi connectivity index (χ0v) is 76.9. The van der Waals surface area contributed by atoms with E-state index < -0.39 is 184 Å². The number of hydrogen-bond donors (Lipinski definition) is 8. The Hall–Kier alpha value is -2.84. The van der Waals surface area contributed by atoms with Gasteiger partial charge in [-0.2, -0.15) is 0 Å². The lowest BCUT2D eigenvalue weighted by molar-refractivity contribution is -0.400. The SMILES string of the molecule is CCCCCCCCCCCCCCCCCC(=O)OC[C@H]1O[C@@H](O[C@@H]2[C@@H](O[C@@H]3O[C@@H](C)[C@H](OC(=O)CCCCCCCCCCCCCCC)[C@@H](O)[C@H]3O)[C@@H](C)O[C@@H](O[C@@H]3[C@@H](O)[C@H]4OC(=O)CCCCCCCCC[C@H](CCCCC)O[C@@H]5O[C@H](C)[C@H](O)[C@H](O)[C@H]5O[C@@H]4O[C@H]3C)[C@@H]2OC(=O)CCCCCCCCCCCCCCC)[C@H](O)[C@@H](O)[C@@H]1O. The number of aliphatic hydroxyl groups is 8. The van der Waals surface area contributed by atoms with E-state index in [4.69, 9.17) is 66.3 Å². The number of rotatable bonds is 58. The van der Waals surface area contributed by atoms with Gasteiger partial charge in [0, 0.05) is 25.7 Å². The van der Waals surface area contributed by atoms with Gasteiger partial charge in [0.15, 0.2) is 49.8 Å². The Labute approximate surface area is 734 Å². The molecule has 0 aromatic rings. The molecule has 0 aromatic heterocycles. The van der Waals surface area contributed by atoms with Crippen LogP contribution in [0.2, 0.25) is 0 Å². The van der Waals surface area contributed by atoms with E-state index >= 15 is 0 Å². The quantitative estimate of drug-likeness (QED) is 0.0159. The summed E-state index contributed by atoms with van der Waals surface area (Å²) in [6.07, 6.45) is 15.1. The molecule has 0 aliphatic carbocycles. The first kappa shape index (κ1) is 108. The highest BCUT2D eigenvalue weighted by Crippen LogP contribution is 2.40. The van der Waals surface area contributed by atoms with Crippen molar-refractivity contribution in [1.82, 2.24) is 0 Å².